The number of anilines is 2. The summed E-state index contributed by atoms with van der Waals surface area (Å²) < 4.78 is 49.5. The third-order valence-corrected chi connectivity index (χ3v) is 3.83. The summed E-state index contributed by atoms with van der Waals surface area (Å²) in [7, 11) is 0. The van der Waals surface area contributed by atoms with Gasteiger partial charge < -0.3 is 19.7 Å². The first-order valence-corrected chi connectivity index (χ1v) is 8.33. The van der Waals surface area contributed by atoms with Crippen molar-refractivity contribution in [3.63, 3.8) is 0 Å². The molecular formula is C17H23F3N2O3. The van der Waals surface area contributed by atoms with Crippen molar-refractivity contribution in [1.82, 2.24) is 0 Å². The molecule has 25 heavy (non-hydrogen) atoms. The number of unbranched alkanes of at least 4 members (excludes halogenated alkanes) is 1. The highest BCUT2D eigenvalue weighted by Crippen LogP contribution is 2.35. The van der Waals surface area contributed by atoms with Gasteiger partial charge in [0.05, 0.1) is 30.2 Å². The van der Waals surface area contributed by atoms with Crippen LogP contribution in [0.5, 0.6) is 0 Å². The fraction of sp³-hybridized carbons (Fsp3) is 0.588. The van der Waals surface area contributed by atoms with Crippen LogP contribution in [0.4, 0.5) is 24.5 Å². The lowest BCUT2D eigenvalue weighted by atomic mass is 10.1. The molecule has 1 N–H and O–H groups in total. The summed E-state index contributed by atoms with van der Waals surface area (Å²) in [5.74, 6) is -0.468. The standard InChI is InChI=1S/C17H23F3N2O3/c1-2-3-8-25-12-16(23)21-14-11-13(17(18,19)20)4-5-15(14)22-6-9-24-10-7-22/h4-5,11H,2-3,6-10,12H2,1H3,(H,21,23). The Bertz CT molecular complexity index is 573. The maximum atomic E-state index is 13.0. The lowest BCUT2D eigenvalue weighted by Crippen LogP contribution is -2.37. The van der Waals surface area contributed by atoms with Gasteiger partial charge in [0, 0.05) is 19.7 Å². The molecule has 1 aromatic carbocycles. The Morgan fingerprint density at radius 3 is 2.68 bits per heavy atom. The molecule has 1 saturated heterocycles. The van der Waals surface area contributed by atoms with E-state index in [4.69, 9.17) is 9.47 Å². The number of halogens is 3. The fourth-order valence-electron chi connectivity index (χ4n) is 2.49. The van der Waals surface area contributed by atoms with Crippen LogP contribution in [-0.4, -0.2) is 45.4 Å². The predicted octanol–water partition coefficient (Wildman–Crippen LogP) is 3.30. The van der Waals surface area contributed by atoms with E-state index < -0.39 is 17.6 Å². The highest BCUT2D eigenvalue weighted by Gasteiger charge is 2.31. The third kappa shape index (κ3) is 5.89. The first-order valence-electron chi connectivity index (χ1n) is 8.33. The second-order valence-corrected chi connectivity index (χ2v) is 5.78. The number of benzene rings is 1. The molecule has 0 atom stereocenters. The Kier molecular flexibility index (Phi) is 7.07. The van der Waals surface area contributed by atoms with Crippen molar-refractivity contribution in [2.75, 3.05) is 49.7 Å². The maximum absolute atomic E-state index is 13.0. The molecule has 0 spiro atoms. The highest BCUT2D eigenvalue weighted by molar-refractivity contribution is 5.95. The van der Waals surface area contributed by atoms with Crippen molar-refractivity contribution < 1.29 is 27.4 Å². The molecule has 1 heterocycles. The van der Waals surface area contributed by atoms with Crippen LogP contribution in [0.3, 0.4) is 0 Å². The van der Waals surface area contributed by atoms with E-state index in [1.54, 1.807) is 0 Å². The SMILES string of the molecule is CCCCOCC(=O)Nc1cc(C(F)(F)F)ccc1N1CCOCC1. The van der Waals surface area contributed by atoms with Gasteiger partial charge in [-0.15, -0.1) is 0 Å². The van der Waals surface area contributed by atoms with E-state index in [9.17, 15) is 18.0 Å². The number of hydrogen-bond acceptors (Lipinski definition) is 4. The molecule has 0 unspecified atom stereocenters. The second kappa shape index (κ2) is 9.05. The summed E-state index contributed by atoms with van der Waals surface area (Å²) in [4.78, 5) is 13.9. The highest BCUT2D eigenvalue weighted by atomic mass is 19.4. The molecule has 2 rings (SSSR count). The van der Waals surface area contributed by atoms with Crippen LogP contribution in [-0.2, 0) is 20.4 Å². The predicted molar refractivity (Wildman–Crippen MR) is 88.8 cm³/mol. The van der Waals surface area contributed by atoms with Crippen LogP contribution in [0.1, 0.15) is 25.3 Å². The monoisotopic (exact) mass is 360 g/mol. The largest absolute Gasteiger partial charge is 0.416 e. The van der Waals surface area contributed by atoms with E-state index in [2.05, 4.69) is 5.32 Å². The first-order chi connectivity index (χ1) is 11.9. The van der Waals surface area contributed by atoms with E-state index in [1.807, 2.05) is 11.8 Å². The van der Waals surface area contributed by atoms with Crippen molar-refractivity contribution in [2.24, 2.45) is 0 Å². The van der Waals surface area contributed by atoms with Gasteiger partial charge in [-0.3, -0.25) is 4.79 Å². The number of rotatable bonds is 7. The molecule has 1 aromatic rings. The van der Waals surface area contributed by atoms with Gasteiger partial charge in [0.2, 0.25) is 5.91 Å². The fourth-order valence-corrected chi connectivity index (χ4v) is 2.49. The van der Waals surface area contributed by atoms with Gasteiger partial charge in [-0.2, -0.15) is 13.2 Å². The molecule has 1 aliphatic heterocycles. The normalized spacial score (nSPS) is 15.3. The van der Waals surface area contributed by atoms with Crippen molar-refractivity contribution in [2.45, 2.75) is 25.9 Å². The van der Waals surface area contributed by atoms with Crippen molar-refractivity contribution >= 4 is 17.3 Å². The zero-order chi connectivity index (χ0) is 18.3. The molecule has 5 nitrogen and oxygen atoms in total. The summed E-state index contributed by atoms with van der Waals surface area (Å²) in [5, 5.41) is 2.55. The van der Waals surface area contributed by atoms with Crippen LogP contribution in [0, 0.1) is 0 Å². The van der Waals surface area contributed by atoms with Crippen LogP contribution in [0.25, 0.3) is 0 Å². The van der Waals surface area contributed by atoms with Crippen molar-refractivity contribution in [3.05, 3.63) is 23.8 Å². The molecular weight excluding hydrogens is 337 g/mol. The Hall–Kier alpha value is -1.80. The number of carbonyl (C=O) groups is 1. The van der Waals surface area contributed by atoms with Crippen LogP contribution >= 0.6 is 0 Å². The minimum Gasteiger partial charge on any atom is -0.378 e. The zero-order valence-corrected chi connectivity index (χ0v) is 14.2. The quantitative estimate of drug-likeness (QED) is 0.758. The Balaban J connectivity index is 2.14. The van der Waals surface area contributed by atoms with Gasteiger partial charge >= 0.3 is 6.18 Å². The number of nitrogens with one attached hydrogen (secondary N) is 1. The summed E-state index contributed by atoms with van der Waals surface area (Å²) in [6.45, 7) is 4.37. The lowest BCUT2D eigenvalue weighted by Gasteiger charge is -2.31. The molecule has 1 amide bonds. The number of carbonyl (C=O) groups excluding carboxylic acids is 1. The summed E-state index contributed by atoms with van der Waals surface area (Å²) in [5.41, 5.74) is -0.106. The third-order valence-electron chi connectivity index (χ3n) is 3.83. The molecule has 1 aliphatic rings. The number of alkyl halides is 3. The summed E-state index contributed by atoms with van der Waals surface area (Å²) >= 11 is 0. The maximum Gasteiger partial charge on any atom is 0.416 e. The average molecular weight is 360 g/mol. The Morgan fingerprint density at radius 1 is 1.32 bits per heavy atom. The van der Waals surface area contributed by atoms with Gasteiger partial charge in [-0.25, -0.2) is 0 Å². The molecule has 140 valence electrons. The van der Waals surface area contributed by atoms with E-state index in [-0.39, 0.29) is 12.3 Å². The van der Waals surface area contributed by atoms with Crippen molar-refractivity contribution in [1.29, 1.82) is 0 Å². The number of amides is 1. The Morgan fingerprint density at radius 2 is 2.04 bits per heavy atom. The first kappa shape index (κ1) is 19.5. The zero-order valence-electron chi connectivity index (χ0n) is 14.2. The van der Waals surface area contributed by atoms with Gasteiger partial charge in [0.25, 0.3) is 0 Å². The van der Waals surface area contributed by atoms with E-state index in [0.717, 1.165) is 25.0 Å². The van der Waals surface area contributed by atoms with Gasteiger partial charge in [-0.1, -0.05) is 13.3 Å². The second-order valence-electron chi connectivity index (χ2n) is 5.78. The minimum absolute atomic E-state index is 0.140. The summed E-state index contributed by atoms with van der Waals surface area (Å²) in [6.07, 6.45) is -2.70. The molecule has 0 bridgehead atoms. The number of morpholine rings is 1. The molecule has 1 fully saturated rings. The van der Waals surface area contributed by atoms with Crippen molar-refractivity contribution in [3.8, 4) is 0 Å². The van der Waals surface area contributed by atoms with Gasteiger partial charge in [0.1, 0.15) is 6.61 Å². The number of ether oxygens (including phenoxy) is 2. The van der Waals surface area contributed by atoms with E-state index in [0.29, 0.717) is 38.6 Å². The minimum atomic E-state index is -4.47. The Labute approximate surface area is 145 Å². The van der Waals surface area contributed by atoms with Gasteiger partial charge in [-0.05, 0) is 24.6 Å². The number of nitrogens with zero attached hydrogens (tertiary/aromatic N) is 1. The van der Waals surface area contributed by atoms with Crippen LogP contribution in [0.2, 0.25) is 0 Å². The van der Waals surface area contributed by atoms with E-state index >= 15 is 0 Å². The smallest absolute Gasteiger partial charge is 0.378 e. The van der Waals surface area contributed by atoms with Crippen LogP contribution < -0.4 is 10.2 Å². The average Bonchev–Trinajstić information content (AvgIpc) is 2.59. The topological polar surface area (TPSA) is 50.8 Å². The van der Waals surface area contributed by atoms with Crippen LogP contribution in [0.15, 0.2) is 18.2 Å². The number of hydrogen-bond donors (Lipinski definition) is 1. The van der Waals surface area contributed by atoms with E-state index in [1.165, 1.54) is 6.07 Å². The van der Waals surface area contributed by atoms with Gasteiger partial charge in [0.15, 0.2) is 0 Å². The molecule has 0 radical (unpaired) electrons. The molecule has 0 aliphatic carbocycles. The molecule has 0 aromatic heterocycles. The molecule has 8 heteroatoms. The molecule has 0 saturated carbocycles. The lowest BCUT2D eigenvalue weighted by molar-refractivity contribution is -0.137. The summed E-state index contributed by atoms with van der Waals surface area (Å²) in [6, 6.07) is 3.38.